The van der Waals surface area contributed by atoms with Crippen LogP contribution in [0.5, 0.6) is 0 Å². The minimum atomic E-state index is -0.965. The number of aliphatic hydroxyl groups is 1. The van der Waals surface area contributed by atoms with E-state index in [9.17, 15) is 9.90 Å². The van der Waals surface area contributed by atoms with Crippen molar-refractivity contribution >= 4 is 16.9 Å². The molecule has 0 amide bonds. The lowest BCUT2D eigenvalue weighted by molar-refractivity contribution is 0.0697. The fourth-order valence-corrected chi connectivity index (χ4v) is 2.45. The molecular weight excluding hydrogens is 244 g/mol. The lowest BCUT2D eigenvalue weighted by Gasteiger charge is -2.07. The van der Waals surface area contributed by atoms with E-state index in [0.717, 1.165) is 22.0 Å². The number of aliphatic hydroxyl groups excluding tert-OH is 1. The molecule has 0 saturated heterocycles. The molecule has 0 aliphatic rings. The van der Waals surface area contributed by atoms with E-state index in [2.05, 4.69) is 0 Å². The van der Waals surface area contributed by atoms with Crippen LogP contribution in [0.4, 0.5) is 0 Å². The number of aromatic nitrogens is 1. The number of benzene rings is 1. The van der Waals surface area contributed by atoms with Gasteiger partial charge in [0.15, 0.2) is 0 Å². The Morgan fingerprint density at radius 1 is 1.47 bits per heavy atom. The van der Waals surface area contributed by atoms with Gasteiger partial charge in [-0.2, -0.15) is 0 Å². The van der Waals surface area contributed by atoms with Crippen LogP contribution >= 0.6 is 0 Å². The van der Waals surface area contributed by atoms with Crippen LogP contribution in [0, 0.1) is 6.92 Å². The molecule has 19 heavy (non-hydrogen) atoms. The Hall–Kier alpha value is -1.85. The van der Waals surface area contributed by atoms with Crippen LogP contribution in [0.15, 0.2) is 18.3 Å². The van der Waals surface area contributed by atoms with E-state index in [1.807, 2.05) is 17.7 Å². The first-order valence-electron chi connectivity index (χ1n) is 6.20. The van der Waals surface area contributed by atoms with Crippen LogP contribution in [-0.4, -0.2) is 27.3 Å². The summed E-state index contributed by atoms with van der Waals surface area (Å²) in [5.74, 6) is -0.965. The Balaban J connectivity index is 2.78. The molecule has 102 valence electrons. The van der Waals surface area contributed by atoms with Gasteiger partial charge in [0.25, 0.3) is 0 Å². The number of fused-ring (bicyclic) bond motifs is 1. The summed E-state index contributed by atoms with van der Waals surface area (Å²) in [5, 5.41) is 19.7. The van der Waals surface area contributed by atoms with Gasteiger partial charge in [0.2, 0.25) is 0 Å². The van der Waals surface area contributed by atoms with Gasteiger partial charge in [0.1, 0.15) is 0 Å². The molecule has 4 N–H and O–H groups in total. The Morgan fingerprint density at radius 3 is 2.68 bits per heavy atom. The van der Waals surface area contributed by atoms with Crippen LogP contribution in [0.3, 0.4) is 0 Å². The molecule has 2 rings (SSSR count). The number of rotatable bonds is 4. The van der Waals surface area contributed by atoms with E-state index in [4.69, 9.17) is 10.8 Å². The second-order valence-electron chi connectivity index (χ2n) is 4.74. The fraction of sp³-hybridized carbons (Fsp3) is 0.357. The zero-order chi connectivity index (χ0) is 14.2. The number of carbonyl (C=O) groups is 1. The summed E-state index contributed by atoms with van der Waals surface area (Å²) >= 11 is 0. The van der Waals surface area contributed by atoms with Crippen molar-refractivity contribution in [2.75, 3.05) is 6.54 Å². The minimum absolute atomic E-state index is 0.234. The molecule has 0 bridgehead atoms. The first kappa shape index (κ1) is 13.6. The van der Waals surface area contributed by atoms with Crippen LogP contribution < -0.4 is 5.73 Å². The molecule has 1 heterocycles. The SMILES string of the molecule is Cc1cc(C(=O)O)cc2c(C(C)O)cn(CCN)c12. The lowest BCUT2D eigenvalue weighted by atomic mass is 10.0. The summed E-state index contributed by atoms with van der Waals surface area (Å²) in [4.78, 5) is 11.1. The summed E-state index contributed by atoms with van der Waals surface area (Å²) < 4.78 is 1.97. The number of carboxylic acid groups (broad SMARTS) is 1. The zero-order valence-corrected chi connectivity index (χ0v) is 11.1. The number of aryl methyl sites for hydroxylation is 1. The van der Waals surface area contributed by atoms with Gasteiger partial charge < -0.3 is 20.5 Å². The van der Waals surface area contributed by atoms with Crippen molar-refractivity contribution in [3.8, 4) is 0 Å². The predicted octanol–water partition coefficient (Wildman–Crippen LogP) is 1.66. The van der Waals surface area contributed by atoms with Gasteiger partial charge in [-0.25, -0.2) is 4.79 Å². The van der Waals surface area contributed by atoms with Gasteiger partial charge >= 0.3 is 5.97 Å². The van der Waals surface area contributed by atoms with E-state index in [-0.39, 0.29) is 5.56 Å². The standard InChI is InChI=1S/C14H18N2O3/c1-8-5-10(14(18)19)6-11-12(9(2)17)7-16(4-3-15)13(8)11/h5-7,9,17H,3-4,15H2,1-2H3,(H,18,19). The molecule has 1 atom stereocenters. The first-order valence-corrected chi connectivity index (χ1v) is 6.20. The van der Waals surface area contributed by atoms with Gasteiger partial charge in [0, 0.05) is 30.2 Å². The summed E-state index contributed by atoms with van der Waals surface area (Å²) in [7, 11) is 0. The summed E-state index contributed by atoms with van der Waals surface area (Å²) in [6.07, 6.45) is 1.20. The zero-order valence-electron chi connectivity index (χ0n) is 11.1. The molecule has 1 unspecified atom stereocenters. The molecule has 0 spiro atoms. The normalized spacial score (nSPS) is 12.8. The van der Waals surface area contributed by atoms with Crippen molar-refractivity contribution in [1.82, 2.24) is 4.57 Å². The minimum Gasteiger partial charge on any atom is -0.478 e. The molecular formula is C14H18N2O3. The molecule has 0 saturated carbocycles. The van der Waals surface area contributed by atoms with Gasteiger partial charge in [-0.1, -0.05) is 0 Å². The van der Waals surface area contributed by atoms with Gasteiger partial charge in [-0.05, 0) is 31.5 Å². The fourth-order valence-electron chi connectivity index (χ4n) is 2.45. The molecule has 5 heteroatoms. The van der Waals surface area contributed by atoms with E-state index in [1.54, 1.807) is 19.1 Å². The molecule has 1 aromatic heterocycles. The summed E-state index contributed by atoms with van der Waals surface area (Å²) in [5.41, 5.74) is 8.36. The van der Waals surface area contributed by atoms with E-state index in [0.29, 0.717) is 13.1 Å². The number of nitrogens with two attached hydrogens (primary N) is 1. The maximum atomic E-state index is 11.1. The van der Waals surface area contributed by atoms with Crippen LogP contribution in [0.2, 0.25) is 0 Å². The second kappa shape index (κ2) is 5.03. The van der Waals surface area contributed by atoms with E-state index >= 15 is 0 Å². The number of hydrogen-bond acceptors (Lipinski definition) is 3. The van der Waals surface area contributed by atoms with Crippen molar-refractivity contribution in [2.24, 2.45) is 5.73 Å². The molecule has 2 aromatic rings. The largest absolute Gasteiger partial charge is 0.478 e. The molecule has 0 fully saturated rings. The third-order valence-corrected chi connectivity index (χ3v) is 3.26. The molecule has 0 aliphatic carbocycles. The smallest absolute Gasteiger partial charge is 0.335 e. The maximum Gasteiger partial charge on any atom is 0.335 e. The van der Waals surface area contributed by atoms with E-state index in [1.165, 1.54) is 0 Å². The Bertz CT molecular complexity index is 629. The first-order chi connectivity index (χ1) is 8.95. The Morgan fingerprint density at radius 2 is 2.16 bits per heavy atom. The third-order valence-electron chi connectivity index (χ3n) is 3.26. The lowest BCUT2D eigenvalue weighted by Crippen LogP contribution is -2.09. The molecule has 0 aliphatic heterocycles. The highest BCUT2D eigenvalue weighted by Gasteiger charge is 2.16. The monoisotopic (exact) mass is 262 g/mol. The van der Waals surface area contributed by atoms with Gasteiger partial charge in [0.05, 0.1) is 17.2 Å². The topological polar surface area (TPSA) is 88.5 Å². The molecule has 5 nitrogen and oxygen atoms in total. The number of hydrogen-bond donors (Lipinski definition) is 3. The van der Waals surface area contributed by atoms with E-state index < -0.39 is 12.1 Å². The Labute approximate surface area is 111 Å². The van der Waals surface area contributed by atoms with Crippen LogP contribution in [0.1, 0.15) is 34.5 Å². The highest BCUT2D eigenvalue weighted by molar-refractivity contribution is 5.96. The molecule has 0 radical (unpaired) electrons. The molecule has 1 aromatic carbocycles. The van der Waals surface area contributed by atoms with Gasteiger partial charge in [-0.15, -0.1) is 0 Å². The quantitative estimate of drug-likeness (QED) is 0.781. The maximum absolute atomic E-state index is 11.1. The number of carboxylic acids is 1. The number of nitrogens with zero attached hydrogens (tertiary/aromatic N) is 1. The van der Waals surface area contributed by atoms with Gasteiger partial charge in [-0.3, -0.25) is 0 Å². The van der Waals surface area contributed by atoms with Crippen molar-refractivity contribution in [3.63, 3.8) is 0 Å². The van der Waals surface area contributed by atoms with Crippen LogP contribution in [-0.2, 0) is 6.54 Å². The average Bonchev–Trinajstić information content (AvgIpc) is 2.69. The third kappa shape index (κ3) is 2.34. The highest BCUT2D eigenvalue weighted by atomic mass is 16.4. The number of aromatic carboxylic acids is 1. The Kier molecular flexibility index (Phi) is 3.59. The predicted molar refractivity (Wildman–Crippen MR) is 73.3 cm³/mol. The summed E-state index contributed by atoms with van der Waals surface area (Å²) in [6.45, 7) is 4.66. The van der Waals surface area contributed by atoms with Crippen molar-refractivity contribution in [1.29, 1.82) is 0 Å². The van der Waals surface area contributed by atoms with Crippen molar-refractivity contribution in [3.05, 3.63) is 35.0 Å². The average molecular weight is 262 g/mol. The van der Waals surface area contributed by atoms with Crippen molar-refractivity contribution in [2.45, 2.75) is 26.5 Å². The summed E-state index contributed by atoms with van der Waals surface area (Å²) in [6, 6.07) is 3.25. The second-order valence-corrected chi connectivity index (χ2v) is 4.74. The van der Waals surface area contributed by atoms with Crippen LogP contribution in [0.25, 0.3) is 10.9 Å². The van der Waals surface area contributed by atoms with Crippen molar-refractivity contribution < 1.29 is 15.0 Å². The highest BCUT2D eigenvalue weighted by Crippen LogP contribution is 2.30.